The van der Waals surface area contributed by atoms with E-state index in [1.54, 1.807) is 36.0 Å². The summed E-state index contributed by atoms with van der Waals surface area (Å²) in [6, 6.07) is 25.5. The van der Waals surface area contributed by atoms with Gasteiger partial charge in [-0.3, -0.25) is 14.3 Å². The fraction of sp³-hybridized carbons (Fsp3) is 0.0417. The van der Waals surface area contributed by atoms with Crippen molar-refractivity contribution in [2.45, 2.75) is 0 Å². The molecule has 2 N–H and O–H groups in total. The fourth-order valence-electron chi connectivity index (χ4n) is 3.06. The number of nitrogens with zero attached hydrogens (tertiary/aromatic N) is 2. The summed E-state index contributed by atoms with van der Waals surface area (Å²) >= 11 is 3.38. The molecular formula is C24H19BrN4O2. The molecule has 31 heavy (non-hydrogen) atoms. The Hall–Kier alpha value is -3.71. The molecule has 0 atom stereocenters. The van der Waals surface area contributed by atoms with Crippen molar-refractivity contribution in [3.05, 3.63) is 101 Å². The van der Waals surface area contributed by atoms with Crippen LogP contribution in [0.1, 0.15) is 20.7 Å². The first-order valence-electron chi connectivity index (χ1n) is 9.57. The van der Waals surface area contributed by atoms with Crippen LogP contribution in [0.5, 0.6) is 0 Å². The van der Waals surface area contributed by atoms with Gasteiger partial charge in [-0.25, -0.2) is 0 Å². The molecule has 0 saturated heterocycles. The van der Waals surface area contributed by atoms with Gasteiger partial charge in [-0.15, -0.1) is 0 Å². The Morgan fingerprint density at radius 1 is 0.806 bits per heavy atom. The Bertz CT molecular complexity index is 1230. The van der Waals surface area contributed by atoms with Gasteiger partial charge in [0.2, 0.25) is 0 Å². The highest BCUT2D eigenvalue weighted by Crippen LogP contribution is 2.24. The summed E-state index contributed by atoms with van der Waals surface area (Å²) in [6.07, 6.45) is 0. The van der Waals surface area contributed by atoms with Gasteiger partial charge < -0.3 is 10.6 Å². The van der Waals surface area contributed by atoms with E-state index in [1.165, 1.54) is 0 Å². The maximum atomic E-state index is 12.5. The van der Waals surface area contributed by atoms with E-state index in [9.17, 15) is 9.59 Å². The number of carbonyl (C=O) groups is 2. The number of rotatable bonds is 5. The second-order valence-corrected chi connectivity index (χ2v) is 7.82. The fourth-order valence-corrected chi connectivity index (χ4v) is 3.46. The Balaban J connectivity index is 1.46. The minimum Gasteiger partial charge on any atom is -0.322 e. The molecule has 154 valence electrons. The van der Waals surface area contributed by atoms with Crippen LogP contribution in [0.25, 0.3) is 11.3 Å². The highest BCUT2D eigenvalue weighted by molar-refractivity contribution is 9.10. The number of benzene rings is 3. The lowest BCUT2D eigenvalue weighted by Crippen LogP contribution is -2.14. The number of amides is 2. The molecule has 0 radical (unpaired) electrons. The lowest BCUT2D eigenvalue weighted by Gasteiger charge is -2.06. The van der Waals surface area contributed by atoms with E-state index in [1.807, 2.05) is 60.7 Å². The summed E-state index contributed by atoms with van der Waals surface area (Å²) in [5.74, 6) is 0.208. The van der Waals surface area contributed by atoms with E-state index in [4.69, 9.17) is 0 Å². The van der Waals surface area contributed by atoms with Crippen molar-refractivity contribution in [3.8, 4) is 11.3 Å². The molecule has 1 aromatic heterocycles. The number of aryl methyl sites for hydroxylation is 1. The van der Waals surface area contributed by atoms with Crippen LogP contribution in [0.15, 0.2) is 89.4 Å². The van der Waals surface area contributed by atoms with Crippen LogP contribution in [-0.4, -0.2) is 21.6 Å². The molecule has 2 amide bonds. The van der Waals surface area contributed by atoms with E-state index in [0.717, 1.165) is 10.0 Å². The summed E-state index contributed by atoms with van der Waals surface area (Å²) in [4.78, 5) is 24.8. The Morgan fingerprint density at radius 3 is 2.19 bits per heavy atom. The van der Waals surface area contributed by atoms with Crippen molar-refractivity contribution < 1.29 is 9.59 Å². The van der Waals surface area contributed by atoms with Crippen molar-refractivity contribution in [3.63, 3.8) is 0 Å². The highest BCUT2D eigenvalue weighted by Gasteiger charge is 2.12. The molecule has 7 heteroatoms. The molecule has 4 rings (SSSR count). The molecule has 1 heterocycles. The van der Waals surface area contributed by atoms with Gasteiger partial charge in [0.05, 0.1) is 5.69 Å². The number of aromatic nitrogens is 2. The summed E-state index contributed by atoms with van der Waals surface area (Å²) < 4.78 is 2.46. The Morgan fingerprint density at radius 2 is 1.48 bits per heavy atom. The average molecular weight is 475 g/mol. The molecule has 0 aliphatic carbocycles. The first-order valence-corrected chi connectivity index (χ1v) is 10.4. The third-order valence-electron chi connectivity index (χ3n) is 4.68. The molecule has 0 unspecified atom stereocenters. The third-order valence-corrected chi connectivity index (χ3v) is 5.18. The minimum absolute atomic E-state index is 0.163. The first kappa shape index (κ1) is 20.6. The number of hydrogen-bond acceptors (Lipinski definition) is 3. The van der Waals surface area contributed by atoms with Crippen LogP contribution in [-0.2, 0) is 7.05 Å². The molecule has 0 fully saturated rings. The number of anilines is 2. The minimum atomic E-state index is -0.213. The van der Waals surface area contributed by atoms with Gasteiger partial charge in [0, 0.05) is 40.0 Å². The van der Waals surface area contributed by atoms with E-state index >= 15 is 0 Å². The molecule has 3 aromatic carbocycles. The van der Waals surface area contributed by atoms with E-state index in [2.05, 4.69) is 31.7 Å². The molecule has 4 aromatic rings. The van der Waals surface area contributed by atoms with Crippen LogP contribution in [0, 0.1) is 0 Å². The van der Waals surface area contributed by atoms with Gasteiger partial charge in [-0.2, -0.15) is 5.10 Å². The highest BCUT2D eigenvalue weighted by atomic mass is 79.9. The smallest absolute Gasteiger partial charge is 0.256 e. The number of halogens is 1. The zero-order valence-electron chi connectivity index (χ0n) is 16.7. The predicted octanol–water partition coefficient (Wildman–Crippen LogP) is 5.35. The van der Waals surface area contributed by atoms with Crippen molar-refractivity contribution in [2.75, 3.05) is 10.6 Å². The third kappa shape index (κ3) is 4.90. The maximum Gasteiger partial charge on any atom is 0.256 e. The van der Waals surface area contributed by atoms with E-state index < -0.39 is 0 Å². The summed E-state index contributed by atoms with van der Waals surface area (Å²) in [5.41, 5.74) is 3.43. The van der Waals surface area contributed by atoms with Crippen LogP contribution >= 0.6 is 15.9 Å². The summed E-state index contributed by atoms with van der Waals surface area (Å²) in [6.45, 7) is 0. The monoisotopic (exact) mass is 474 g/mol. The second kappa shape index (κ2) is 8.97. The van der Waals surface area contributed by atoms with Crippen LogP contribution < -0.4 is 10.6 Å². The van der Waals surface area contributed by atoms with E-state index in [-0.39, 0.29) is 11.8 Å². The molecule has 6 nitrogen and oxygen atoms in total. The summed E-state index contributed by atoms with van der Waals surface area (Å²) in [5, 5.41) is 10.2. The van der Waals surface area contributed by atoms with Crippen molar-refractivity contribution in [2.24, 2.45) is 7.05 Å². The Kier molecular flexibility index (Phi) is 5.95. The van der Waals surface area contributed by atoms with Crippen LogP contribution in [0.3, 0.4) is 0 Å². The normalized spacial score (nSPS) is 10.5. The van der Waals surface area contributed by atoms with Crippen LogP contribution in [0.2, 0.25) is 0 Å². The molecule has 0 saturated carbocycles. The van der Waals surface area contributed by atoms with Gasteiger partial charge in [0.15, 0.2) is 0 Å². The number of carbonyl (C=O) groups excluding carboxylic acids is 2. The van der Waals surface area contributed by atoms with Gasteiger partial charge in [0.25, 0.3) is 11.8 Å². The first-order chi connectivity index (χ1) is 15.0. The van der Waals surface area contributed by atoms with Gasteiger partial charge in [-0.05, 0) is 42.5 Å². The van der Waals surface area contributed by atoms with Gasteiger partial charge in [-0.1, -0.05) is 52.3 Å². The lowest BCUT2D eigenvalue weighted by atomic mass is 10.1. The lowest BCUT2D eigenvalue weighted by molar-refractivity contribution is 0.101. The average Bonchev–Trinajstić information content (AvgIpc) is 3.15. The largest absolute Gasteiger partial charge is 0.322 e. The van der Waals surface area contributed by atoms with Crippen LogP contribution in [0.4, 0.5) is 11.5 Å². The Labute approximate surface area is 188 Å². The molecule has 0 bridgehead atoms. The second-order valence-electron chi connectivity index (χ2n) is 6.90. The molecule has 0 aliphatic rings. The van der Waals surface area contributed by atoms with E-state index in [0.29, 0.717) is 28.3 Å². The number of nitrogens with one attached hydrogen (secondary N) is 2. The molecule has 0 aliphatic heterocycles. The topological polar surface area (TPSA) is 76.0 Å². The SMILES string of the molecule is Cn1nc(-c2ccc(NC(=O)c3ccccc3)cc2)cc1NC(=O)c1cccc(Br)c1. The molecule has 0 spiro atoms. The van der Waals surface area contributed by atoms with Gasteiger partial charge in [0.1, 0.15) is 5.82 Å². The standard InChI is InChI=1S/C24H19BrN4O2/c1-29-22(27-24(31)18-8-5-9-19(25)14-18)15-21(28-29)16-10-12-20(13-11-16)26-23(30)17-6-3-2-4-7-17/h2-15H,1H3,(H,26,30)(H,27,31). The summed E-state index contributed by atoms with van der Waals surface area (Å²) in [7, 11) is 1.77. The molecular weight excluding hydrogens is 456 g/mol. The maximum absolute atomic E-state index is 12.5. The van der Waals surface area contributed by atoms with Crippen molar-refractivity contribution in [1.29, 1.82) is 0 Å². The number of hydrogen-bond donors (Lipinski definition) is 2. The quantitative estimate of drug-likeness (QED) is 0.409. The predicted molar refractivity (Wildman–Crippen MR) is 125 cm³/mol. The van der Waals surface area contributed by atoms with Crippen molar-refractivity contribution in [1.82, 2.24) is 9.78 Å². The van der Waals surface area contributed by atoms with Gasteiger partial charge >= 0.3 is 0 Å². The van der Waals surface area contributed by atoms with Crippen molar-refractivity contribution >= 4 is 39.2 Å². The zero-order valence-corrected chi connectivity index (χ0v) is 18.3. The zero-order chi connectivity index (χ0) is 21.8.